The first-order valence-electron chi connectivity index (χ1n) is 8.40. The Labute approximate surface area is 163 Å². The van der Waals surface area contributed by atoms with Crippen LogP contribution in [0, 0.1) is 5.41 Å². The van der Waals surface area contributed by atoms with Crippen LogP contribution in [0.2, 0.25) is 0 Å². The minimum absolute atomic E-state index is 0.0914. The van der Waals surface area contributed by atoms with Gasteiger partial charge >= 0.3 is 11.9 Å². The second-order valence-electron chi connectivity index (χ2n) is 6.46. The lowest BCUT2D eigenvalue weighted by Gasteiger charge is -2.31. The molecule has 0 heterocycles. The van der Waals surface area contributed by atoms with Crippen LogP contribution in [0.3, 0.4) is 0 Å². The Morgan fingerprint density at radius 3 is 1.93 bits per heavy atom. The zero-order chi connectivity index (χ0) is 20.4. The van der Waals surface area contributed by atoms with Crippen molar-refractivity contribution in [3.05, 3.63) is 35.4 Å². The van der Waals surface area contributed by atoms with Crippen LogP contribution in [0.25, 0.3) is 0 Å². The first-order chi connectivity index (χ1) is 12.7. The van der Waals surface area contributed by atoms with Gasteiger partial charge in [0.2, 0.25) is 5.91 Å². The summed E-state index contributed by atoms with van der Waals surface area (Å²) in [5.41, 5.74) is 5.85. The van der Waals surface area contributed by atoms with Crippen LogP contribution in [0.4, 0.5) is 0 Å². The van der Waals surface area contributed by atoms with E-state index in [9.17, 15) is 19.2 Å². The summed E-state index contributed by atoms with van der Waals surface area (Å²) in [5.74, 6) is -1.86. The molecule has 0 atom stereocenters. The predicted molar refractivity (Wildman–Crippen MR) is 99.3 cm³/mol. The molecule has 0 saturated carbocycles. The molecule has 0 unspecified atom stereocenters. The number of ether oxygens (including phenoxy) is 2. The topological polar surface area (TPSA) is 113 Å². The summed E-state index contributed by atoms with van der Waals surface area (Å²) in [5, 5.41) is 0. The van der Waals surface area contributed by atoms with Gasteiger partial charge in [-0.3, -0.25) is 19.2 Å². The second kappa shape index (κ2) is 10.7. The van der Waals surface area contributed by atoms with E-state index in [4.69, 9.17) is 26.8 Å². The molecule has 1 amide bonds. The molecule has 0 aliphatic carbocycles. The molecule has 0 spiro atoms. The Bertz CT molecular complexity index is 668. The summed E-state index contributed by atoms with van der Waals surface area (Å²) < 4.78 is 10.2. The van der Waals surface area contributed by atoms with E-state index in [1.54, 1.807) is 24.3 Å². The summed E-state index contributed by atoms with van der Waals surface area (Å²) in [7, 11) is 0. The van der Waals surface area contributed by atoms with Gasteiger partial charge in [0, 0.05) is 31.2 Å². The largest absolute Gasteiger partial charge is 0.465 e. The zero-order valence-corrected chi connectivity index (χ0v) is 16.2. The molecular weight excluding hydrogens is 374 g/mol. The number of aryl methyl sites for hydroxylation is 1. The second-order valence-corrected chi connectivity index (χ2v) is 6.72. The van der Waals surface area contributed by atoms with Crippen LogP contribution in [0.15, 0.2) is 24.3 Å². The Morgan fingerprint density at radius 1 is 1.00 bits per heavy atom. The van der Waals surface area contributed by atoms with E-state index >= 15 is 0 Å². The maximum absolute atomic E-state index is 11.6. The fourth-order valence-corrected chi connectivity index (χ4v) is 2.75. The number of halogens is 1. The number of nitrogens with two attached hydrogens (primary N) is 1. The summed E-state index contributed by atoms with van der Waals surface area (Å²) in [6.07, 6.45) is 0.792. The lowest BCUT2D eigenvalue weighted by atomic mass is 9.80. The lowest BCUT2D eigenvalue weighted by molar-refractivity contribution is -0.154. The van der Waals surface area contributed by atoms with Gasteiger partial charge in [-0.15, -0.1) is 11.6 Å². The van der Waals surface area contributed by atoms with Crippen LogP contribution < -0.4 is 5.73 Å². The highest BCUT2D eigenvalue weighted by Crippen LogP contribution is 2.30. The fourth-order valence-electron chi connectivity index (χ4n) is 2.60. The van der Waals surface area contributed by atoms with Gasteiger partial charge in [0.25, 0.3) is 0 Å². The number of Topliss-reactive ketones (excluding diaryl/α,β-unsaturated/α-hetero) is 1. The molecule has 1 rings (SSSR count). The number of carbonyl (C=O) groups excluding carboxylic acids is 4. The molecule has 7 nitrogen and oxygen atoms in total. The van der Waals surface area contributed by atoms with Crippen molar-refractivity contribution in [2.24, 2.45) is 11.1 Å². The monoisotopic (exact) mass is 397 g/mol. The molecule has 2 N–H and O–H groups in total. The molecule has 1 aromatic carbocycles. The molecule has 0 fully saturated rings. The number of amides is 1. The molecule has 0 aliphatic heterocycles. The van der Waals surface area contributed by atoms with Crippen LogP contribution in [-0.2, 0) is 30.3 Å². The van der Waals surface area contributed by atoms with Crippen molar-refractivity contribution in [1.29, 1.82) is 0 Å². The fraction of sp³-hybridized carbons (Fsp3) is 0.474. The molecule has 0 radical (unpaired) electrons. The van der Waals surface area contributed by atoms with Gasteiger partial charge in [0.1, 0.15) is 13.2 Å². The van der Waals surface area contributed by atoms with E-state index in [-0.39, 0.29) is 31.3 Å². The number of hydrogen-bond donors (Lipinski definition) is 1. The number of alkyl halides is 1. The van der Waals surface area contributed by atoms with Crippen LogP contribution in [0.1, 0.15) is 42.6 Å². The first-order valence-corrected chi connectivity index (χ1v) is 8.94. The average Bonchev–Trinajstić information content (AvgIpc) is 2.62. The summed E-state index contributed by atoms with van der Waals surface area (Å²) in [4.78, 5) is 45.6. The van der Waals surface area contributed by atoms with Crippen LogP contribution >= 0.6 is 11.6 Å². The van der Waals surface area contributed by atoms with E-state index in [0.717, 1.165) is 5.56 Å². The third-order valence-corrected chi connectivity index (χ3v) is 4.30. The molecule has 1 aromatic rings. The normalized spacial score (nSPS) is 10.9. The number of ketones is 1. The zero-order valence-electron chi connectivity index (χ0n) is 15.5. The van der Waals surface area contributed by atoms with Crippen molar-refractivity contribution in [2.45, 2.75) is 33.1 Å². The first kappa shape index (κ1) is 22.6. The van der Waals surface area contributed by atoms with Crippen molar-refractivity contribution in [1.82, 2.24) is 0 Å². The molecule has 0 saturated heterocycles. The van der Waals surface area contributed by atoms with Crippen molar-refractivity contribution in [3.63, 3.8) is 0 Å². The quantitative estimate of drug-likeness (QED) is 0.347. The summed E-state index contributed by atoms with van der Waals surface area (Å²) in [6.45, 7) is 2.32. The Kier molecular flexibility index (Phi) is 8.94. The summed E-state index contributed by atoms with van der Waals surface area (Å²) in [6, 6.07) is 6.92. The highest BCUT2D eigenvalue weighted by Gasteiger charge is 2.35. The van der Waals surface area contributed by atoms with Gasteiger partial charge in [-0.05, 0) is 18.4 Å². The number of primary amides is 1. The Balaban J connectivity index is 2.95. The number of rotatable bonds is 11. The molecule has 8 heteroatoms. The van der Waals surface area contributed by atoms with Gasteiger partial charge < -0.3 is 15.2 Å². The minimum Gasteiger partial charge on any atom is -0.465 e. The predicted octanol–water partition coefficient (Wildman–Crippen LogP) is 2.03. The molecular formula is C19H24ClNO6. The number of esters is 2. The Hall–Kier alpha value is -2.41. The number of carbonyl (C=O) groups is 4. The van der Waals surface area contributed by atoms with Gasteiger partial charge in [0.05, 0.1) is 5.88 Å². The van der Waals surface area contributed by atoms with Crippen molar-refractivity contribution < 1.29 is 28.7 Å². The lowest BCUT2D eigenvalue weighted by Crippen LogP contribution is -2.38. The van der Waals surface area contributed by atoms with E-state index in [1.807, 2.05) is 0 Å². The van der Waals surface area contributed by atoms with Crippen LogP contribution in [0.5, 0.6) is 0 Å². The molecule has 148 valence electrons. The van der Waals surface area contributed by atoms with Gasteiger partial charge in [-0.1, -0.05) is 24.3 Å². The number of hydrogen-bond acceptors (Lipinski definition) is 6. The average molecular weight is 398 g/mol. The van der Waals surface area contributed by atoms with Crippen molar-refractivity contribution >= 4 is 35.2 Å². The van der Waals surface area contributed by atoms with E-state index < -0.39 is 23.3 Å². The molecule has 0 aromatic heterocycles. The SMILES string of the molecule is CC(=O)OCC(CCc1ccc(C(=O)CCl)cc1)(COC(C)=O)CC(N)=O. The van der Waals surface area contributed by atoms with E-state index in [1.165, 1.54) is 13.8 Å². The Morgan fingerprint density at radius 2 is 1.52 bits per heavy atom. The number of benzene rings is 1. The minimum atomic E-state index is -0.923. The van der Waals surface area contributed by atoms with Crippen molar-refractivity contribution in [3.8, 4) is 0 Å². The summed E-state index contributed by atoms with van der Waals surface area (Å²) >= 11 is 5.54. The molecule has 0 bridgehead atoms. The maximum atomic E-state index is 11.6. The highest BCUT2D eigenvalue weighted by molar-refractivity contribution is 6.30. The third-order valence-electron chi connectivity index (χ3n) is 4.05. The standard InChI is InChI=1S/C19H24ClNO6/c1-13(22)26-11-19(9-18(21)25,12-27-14(2)23)8-7-15-3-5-16(6-4-15)17(24)10-20/h3-6H,7-12H2,1-2H3,(H2,21,25). The van der Waals surface area contributed by atoms with Crippen LogP contribution in [-0.4, -0.2) is 42.7 Å². The van der Waals surface area contributed by atoms with E-state index in [0.29, 0.717) is 18.4 Å². The van der Waals surface area contributed by atoms with Gasteiger partial charge in [0.15, 0.2) is 5.78 Å². The van der Waals surface area contributed by atoms with Crippen molar-refractivity contribution in [2.75, 3.05) is 19.1 Å². The van der Waals surface area contributed by atoms with Gasteiger partial charge in [-0.25, -0.2) is 0 Å². The molecule has 0 aliphatic rings. The molecule has 27 heavy (non-hydrogen) atoms. The third kappa shape index (κ3) is 8.21. The highest BCUT2D eigenvalue weighted by atomic mass is 35.5. The maximum Gasteiger partial charge on any atom is 0.302 e. The smallest absolute Gasteiger partial charge is 0.302 e. The van der Waals surface area contributed by atoms with E-state index in [2.05, 4.69) is 0 Å². The van der Waals surface area contributed by atoms with Gasteiger partial charge in [-0.2, -0.15) is 0 Å².